The minimum Gasteiger partial charge on any atom is -0.443 e. The average Bonchev–Trinajstić information content (AvgIpc) is 2.95. The number of carbonyl (C=O) groups is 2. The molecule has 2 fully saturated rings. The number of rotatable bonds is 5. The number of imide groups is 1. The van der Waals surface area contributed by atoms with Crippen molar-refractivity contribution >= 4 is 12.0 Å². The van der Waals surface area contributed by atoms with Gasteiger partial charge in [-0.05, 0) is 38.7 Å². The smallest absolute Gasteiger partial charge is 0.417 e. The Morgan fingerprint density at radius 1 is 1.11 bits per heavy atom. The van der Waals surface area contributed by atoms with E-state index in [1.807, 2.05) is 51.1 Å². The molecule has 2 atom stereocenters. The number of amides is 2. The standard InChI is InChI=1S/C23H33NO4/c1-23(2,3)28-22(26)24-19(14-17-10-6-4-7-11-17)20(15-21(24)25)27-16-18-12-8-5-9-13-18/h5,8-9,12-13,17,19-20H,4,6-7,10-11,14-16H2,1-3H3/t19-,20+/m1/s1. The van der Waals surface area contributed by atoms with E-state index in [-0.39, 0.29) is 24.5 Å². The summed E-state index contributed by atoms with van der Waals surface area (Å²) in [5, 5.41) is 0. The van der Waals surface area contributed by atoms with Gasteiger partial charge < -0.3 is 9.47 Å². The molecule has 5 nitrogen and oxygen atoms in total. The van der Waals surface area contributed by atoms with Crippen LogP contribution < -0.4 is 0 Å². The number of nitrogens with zero attached hydrogens (tertiary/aromatic N) is 1. The molecule has 1 aromatic carbocycles. The summed E-state index contributed by atoms with van der Waals surface area (Å²) in [6.07, 6.45) is 6.31. The highest BCUT2D eigenvalue weighted by molar-refractivity contribution is 5.94. The minimum absolute atomic E-state index is 0.187. The summed E-state index contributed by atoms with van der Waals surface area (Å²) < 4.78 is 11.7. The summed E-state index contributed by atoms with van der Waals surface area (Å²) >= 11 is 0. The Labute approximate surface area is 168 Å². The average molecular weight is 388 g/mol. The number of hydrogen-bond acceptors (Lipinski definition) is 4. The molecule has 2 aliphatic rings. The molecule has 28 heavy (non-hydrogen) atoms. The number of hydrogen-bond donors (Lipinski definition) is 0. The molecule has 0 radical (unpaired) electrons. The molecule has 1 saturated heterocycles. The molecule has 154 valence electrons. The van der Waals surface area contributed by atoms with Crippen LogP contribution in [0.2, 0.25) is 0 Å². The maximum absolute atomic E-state index is 12.8. The van der Waals surface area contributed by atoms with Gasteiger partial charge in [0.05, 0.1) is 25.2 Å². The normalized spacial score (nSPS) is 23.8. The van der Waals surface area contributed by atoms with Crippen LogP contribution in [0.25, 0.3) is 0 Å². The molecule has 1 aliphatic heterocycles. The molecule has 0 aromatic heterocycles. The van der Waals surface area contributed by atoms with E-state index in [1.165, 1.54) is 24.2 Å². The van der Waals surface area contributed by atoms with Crippen LogP contribution in [-0.2, 0) is 20.9 Å². The van der Waals surface area contributed by atoms with Gasteiger partial charge in [-0.2, -0.15) is 0 Å². The lowest BCUT2D eigenvalue weighted by atomic mass is 9.84. The lowest BCUT2D eigenvalue weighted by molar-refractivity contribution is -0.128. The van der Waals surface area contributed by atoms with Crippen LogP contribution in [0.1, 0.15) is 71.3 Å². The van der Waals surface area contributed by atoms with Crippen molar-refractivity contribution in [2.75, 3.05) is 0 Å². The van der Waals surface area contributed by atoms with Gasteiger partial charge in [-0.1, -0.05) is 62.4 Å². The third-order valence-corrected chi connectivity index (χ3v) is 5.60. The summed E-state index contributed by atoms with van der Waals surface area (Å²) in [6, 6.07) is 9.71. The third kappa shape index (κ3) is 5.57. The van der Waals surface area contributed by atoms with Gasteiger partial charge in [-0.15, -0.1) is 0 Å². The Kier molecular flexibility index (Phi) is 6.76. The topological polar surface area (TPSA) is 55.8 Å². The molecule has 0 spiro atoms. The largest absolute Gasteiger partial charge is 0.443 e. The lowest BCUT2D eigenvalue weighted by Crippen LogP contribution is -2.45. The molecule has 1 heterocycles. The van der Waals surface area contributed by atoms with Crippen molar-refractivity contribution in [1.82, 2.24) is 4.90 Å². The van der Waals surface area contributed by atoms with Crippen LogP contribution in [-0.4, -0.2) is 34.6 Å². The van der Waals surface area contributed by atoms with Crippen molar-refractivity contribution in [3.63, 3.8) is 0 Å². The predicted octanol–water partition coefficient (Wildman–Crippen LogP) is 5.08. The SMILES string of the molecule is CC(C)(C)OC(=O)N1C(=O)C[C@H](OCc2ccccc2)[C@H]1CC1CCCCC1. The van der Waals surface area contributed by atoms with Crippen molar-refractivity contribution < 1.29 is 19.1 Å². The van der Waals surface area contributed by atoms with E-state index < -0.39 is 11.7 Å². The Bertz CT molecular complexity index is 661. The van der Waals surface area contributed by atoms with Crippen molar-refractivity contribution in [3.05, 3.63) is 35.9 Å². The van der Waals surface area contributed by atoms with E-state index in [0.29, 0.717) is 12.5 Å². The van der Waals surface area contributed by atoms with E-state index >= 15 is 0 Å². The predicted molar refractivity (Wildman–Crippen MR) is 108 cm³/mol. The van der Waals surface area contributed by atoms with Gasteiger partial charge in [0.1, 0.15) is 5.60 Å². The second-order valence-corrected chi connectivity index (χ2v) is 9.09. The van der Waals surface area contributed by atoms with E-state index in [0.717, 1.165) is 24.8 Å². The first-order valence-electron chi connectivity index (χ1n) is 10.5. The van der Waals surface area contributed by atoms with Gasteiger partial charge in [0.2, 0.25) is 5.91 Å². The van der Waals surface area contributed by atoms with Gasteiger partial charge in [0.15, 0.2) is 0 Å². The van der Waals surface area contributed by atoms with Crippen molar-refractivity contribution in [1.29, 1.82) is 0 Å². The Balaban J connectivity index is 1.73. The fourth-order valence-electron chi connectivity index (χ4n) is 4.28. The first-order valence-corrected chi connectivity index (χ1v) is 10.5. The molecule has 0 N–H and O–H groups in total. The quantitative estimate of drug-likeness (QED) is 0.707. The van der Waals surface area contributed by atoms with Crippen molar-refractivity contribution in [2.24, 2.45) is 5.92 Å². The molecule has 3 rings (SSSR count). The van der Waals surface area contributed by atoms with Crippen LogP contribution in [0.4, 0.5) is 4.79 Å². The van der Waals surface area contributed by atoms with Gasteiger partial charge in [0, 0.05) is 0 Å². The first kappa shape index (κ1) is 20.8. The van der Waals surface area contributed by atoms with Crippen molar-refractivity contribution in [3.8, 4) is 0 Å². The molecule has 1 aromatic rings. The van der Waals surface area contributed by atoms with Gasteiger partial charge >= 0.3 is 6.09 Å². The monoisotopic (exact) mass is 387 g/mol. The lowest BCUT2D eigenvalue weighted by Gasteiger charge is -2.32. The fourth-order valence-corrected chi connectivity index (χ4v) is 4.28. The molecular weight excluding hydrogens is 354 g/mol. The first-order chi connectivity index (χ1) is 13.3. The van der Waals surface area contributed by atoms with Crippen LogP contribution in [0, 0.1) is 5.92 Å². The van der Waals surface area contributed by atoms with Crippen molar-refractivity contribution in [2.45, 2.75) is 90.1 Å². The second-order valence-electron chi connectivity index (χ2n) is 9.09. The molecular formula is C23H33NO4. The van der Waals surface area contributed by atoms with Gasteiger partial charge in [0.25, 0.3) is 0 Å². The van der Waals surface area contributed by atoms with Gasteiger partial charge in [-0.3, -0.25) is 4.79 Å². The summed E-state index contributed by atoms with van der Waals surface area (Å²) in [6.45, 7) is 5.92. The molecule has 2 amide bonds. The zero-order valence-electron chi connectivity index (χ0n) is 17.4. The molecule has 0 bridgehead atoms. The van der Waals surface area contributed by atoms with Gasteiger partial charge in [-0.25, -0.2) is 9.69 Å². The highest BCUT2D eigenvalue weighted by Crippen LogP contribution is 2.35. The number of benzene rings is 1. The van der Waals surface area contributed by atoms with E-state index in [4.69, 9.17) is 9.47 Å². The van der Waals surface area contributed by atoms with Crippen LogP contribution in [0.5, 0.6) is 0 Å². The summed E-state index contributed by atoms with van der Waals surface area (Å²) in [5.74, 6) is 0.352. The highest BCUT2D eigenvalue weighted by Gasteiger charge is 2.46. The maximum Gasteiger partial charge on any atom is 0.417 e. The second kappa shape index (κ2) is 9.08. The Morgan fingerprint density at radius 2 is 1.79 bits per heavy atom. The van der Waals surface area contributed by atoms with Crippen LogP contribution in [0.3, 0.4) is 0 Å². The van der Waals surface area contributed by atoms with E-state index in [1.54, 1.807) is 0 Å². The van der Waals surface area contributed by atoms with E-state index in [2.05, 4.69) is 0 Å². The maximum atomic E-state index is 12.8. The highest BCUT2D eigenvalue weighted by atomic mass is 16.6. The van der Waals surface area contributed by atoms with E-state index in [9.17, 15) is 9.59 Å². The Hall–Kier alpha value is -1.88. The summed E-state index contributed by atoms with van der Waals surface area (Å²) in [7, 11) is 0. The zero-order chi connectivity index (χ0) is 20.1. The number of carbonyl (C=O) groups excluding carboxylic acids is 2. The summed E-state index contributed by atoms with van der Waals surface area (Å²) in [5.41, 5.74) is 0.442. The van der Waals surface area contributed by atoms with Crippen LogP contribution in [0.15, 0.2) is 30.3 Å². The minimum atomic E-state index is -0.629. The van der Waals surface area contributed by atoms with Crippen LogP contribution >= 0.6 is 0 Å². The Morgan fingerprint density at radius 3 is 2.43 bits per heavy atom. The molecule has 0 unspecified atom stereocenters. The molecule has 1 saturated carbocycles. The molecule has 1 aliphatic carbocycles. The number of likely N-dealkylation sites (tertiary alicyclic amines) is 1. The number of ether oxygens (including phenoxy) is 2. The molecule has 5 heteroatoms. The fraction of sp³-hybridized carbons (Fsp3) is 0.652. The third-order valence-electron chi connectivity index (χ3n) is 5.60. The zero-order valence-corrected chi connectivity index (χ0v) is 17.4. The summed E-state index contributed by atoms with van der Waals surface area (Å²) in [4.78, 5) is 26.8.